The smallest absolute Gasteiger partial charge is 0.165 e. The van der Waals surface area contributed by atoms with Crippen molar-refractivity contribution in [2.75, 3.05) is 4.90 Å². The van der Waals surface area contributed by atoms with Crippen molar-refractivity contribution in [1.82, 2.24) is 0 Å². The highest BCUT2D eigenvalue weighted by Gasteiger charge is 2.37. The Labute approximate surface area is 282 Å². The van der Waals surface area contributed by atoms with Crippen molar-refractivity contribution >= 4 is 80.5 Å². The van der Waals surface area contributed by atoms with Gasteiger partial charge in [0.15, 0.2) is 5.75 Å². The molecule has 0 saturated carbocycles. The molecule has 0 spiro atoms. The lowest BCUT2D eigenvalue weighted by Crippen LogP contribution is -2.56. The lowest BCUT2D eigenvalue weighted by molar-refractivity contribution is 0.455. The number of para-hydroxylation sites is 2. The van der Waals surface area contributed by atoms with Crippen LogP contribution in [0.5, 0.6) is 11.5 Å². The van der Waals surface area contributed by atoms with Crippen molar-refractivity contribution in [1.29, 1.82) is 0 Å². The van der Waals surface area contributed by atoms with E-state index in [4.69, 9.17) is 4.74 Å². The van der Waals surface area contributed by atoms with Gasteiger partial charge in [-0.3, -0.25) is 0 Å². The Bertz CT molecular complexity index is 2290. The van der Waals surface area contributed by atoms with Crippen LogP contribution in [-0.4, -0.2) is 8.07 Å². The van der Waals surface area contributed by atoms with Crippen molar-refractivity contribution in [2.45, 2.75) is 32.7 Å². The van der Waals surface area contributed by atoms with E-state index in [9.17, 15) is 0 Å². The summed E-state index contributed by atoms with van der Waals surface area (Å²) in [4.78, 5) is 8.71. The van der Waals surface area contributed by atoms with E-state index in [1.165, 1.54) is 46.4 Å². The lowest BCUT2D eigenvalue weighted by Gasteiger charge is -2.37. The Morgan fingerprint density at radius 3 is 2.20 bits per heavy atom. The van der Waals surface area contributed by atoms with Gasteiger partial charge in [0.05, 0.1) is 21.2 Å². The summed E-state index contributed by atoms with van der Waals surface area (Å²) in [5.74, 6) is 1.80. The average Bonchev–Trinajstić information content (AvgIpc) is 3.52. The van der Waals surface area contributed by atoms with Gasteiger partial charge in [-0.05, 0) is 82.0 Å². The van der Waals surface area contributed by atoms with Crippen LogP contribution in [0, 0.1) is 0 Å². The number of rotatable bonds is 4. The average molecular weight is 664 g/mol. The first kappa shape index (κ1) is 28.1. The summed E-state index contributed by atoms with van der Waals surface area (Å²) in [7, 11) is -1.95. The first-order valence-corrected chi connectivity index (χ1v) is 20.9. The SMILES string of the molecule is C[Si]1(C)c2ccccc2Sc2c(N(c3ccc4sc(-c5ccccc5)cc4c3)c3cccc4c3Oc3ccccc3S4)cccc21. The molecule has 6 aromatic carbocycles. The van der Waals surface area contributed by atoms with Gasteiger partial charge in [0, 0.05) is 25.1 Å². The van der Waals surface area contributed by atoms with Crippen LogP contribution in [0.3, 0.4) is 0 Å². The van der Waals surface area contributed by atoms with Gasteiger partial charge in [-0.1, -0.05) is 115 Å². The summed E-state index contributed by atoms with van der Waals surface area (Å²) in [6, 6.07) is 50.7. The van der Waals surface area contributed by atoms with Crippen molar-refractivity contribution in [2.24, 2.45) is 0 Å². The Morgan fingerprint density at radius 2 is 1.30 bits per heavy atom. The number of anilines is 3. The fraction of sp³-hybridized carbons (Fsp3) is 0.0500. The molecule has 2 nitrogen and oxygen atoms in total. The molecule has 0 saturated heterocycles. The van der Waals surface area contributed by atoms with Crippen molar-refractivity contribution < 1.29 is 4.74 Å². The molecule has 3 heterocycles. The molecule has 0 N–H and O–H groups in total. The van der Waals surface area contributed by atoms with Gasteiger partial charge in [-0.25, -0.2) is 0 Å². The van der Waals surface area contributed by atoms with E-state index in [1.807, 2.05) is 29.2 Å². The second kappa shape index (κ2) is 11.0. The van der Waals surface area contributed by atoms with Crippen LogP contribution in [0.4, 0.5) is 17.1 Å². The molecule has 2 aliphatic rings. The molecule has 0 bridgehead atoms. The molecule has 7 aromatic rings. The normalized spacial score (nSPS) is 14.0. The fourth-order valence-corrected chi connectivity index (χ4v) is 14.2. The maximum Gasteiger partial charge on any atom is 0.165 e. The molecule has 0 fully saturated rings. The fourth-order valence-electron chi connectivity index (χ4n) is 6.66. The summed E-state index contributed by atoms with van der Waals surface area (Å²) < 4.78 is 8.05. The number of thiophene rings is 1. The Kier molecular flexibility index (Phi) is 6.68. The Morgan fingerprint density at radius 1 is 0.587 bits per heavy atom. The molecular weight excluding hydrogens is 635 g/mol. The minimum Gasteiger partial charge on any atom is -0.453 e. The second-order valence-electron chi connectivity index (χ2n) is 12.2. The van der Waals surface area contributed by atoms with Crippen molar-refractivity contribution in [3.63, 3.8) is 0 Å². The molecule has 46 heavy (non-hydrogen) atoms. The minimum atomic E-state index is -1.95. The van der Waals surface area contributed by atoms with E-state index >= 15 is 0 Å². The quantitative estimate of drug-likeness (QED) is 0.174. The third-order valence-corrected chi connectivity index (χ3v) is 16.4. The van der Waals surface area contributed by atoms with Gasteiger partial charge in [-0.15, -0.1) is 11.3 Å². The first-order valence-electron chi connectivity index (χ1n) is 15.4. The van der Waals surface area contributed by atoms with Gasteiger partial charge in [0.25, 0.3) is 0 Å². The van der Waals surface area contributed by atoms with Crippen LogP contribution in [0.2, 0.25) is 13.1 Å². The molecule has 0 aliphatic carbocycles. The minimum absolute atomic E-state index is 0.900. The van der Waals surface area contributed by atoms with Crippen LogP contribution in [0.1, 0.15) is 0 Å². The molecule has 1 aromatic heterocycles. The molecule has 0 amide bonds. The number of hydrogen-bond acceptors (Lipinski definition) is 5. The number of nitrogens with zero attached hydrogens (tertiary/aromatic N) is 1. The van der Waals surface area contributed by atoms with E-state index in [0.717, 1.165) is 32.7 Å². The topological polar surface area (TPSA) is 12.5 Å². The highest BCUT2D eigenvalue weighted by Crippen LogP contribution is 2.54. The summed E-state index contributed by atoms with van der Waals surface area (Å²) in [6.45, 7) is 4.98. The number of ether oxygens (including phenoxy) is 1. The van der Waals surface area contributed by atoms with Gasteiger partial charge < -0.3 is 9.64 Å². The summed E-state index contributed by atoms with van der Waals surface area (Å²) in [6.07, 6.45) is 0. The highest BCUT2D eigenvalue weighted by atomic mass is 32.2. The predicted molar refractivity (Wildman–Crippen MR) is 200 cm³/mol. The molecule has 0 unspecified atom stereocenters. The largest absolute Gasteiger partial charge is 0.453 e. The second-order valence-corrected chi connectivity index (χ2v) is 19.7. The van der Waals surface area contributed by atoms with Crippen LogP contribution >= 0.6 is 34.9 Å². The summed E-state index contributed by atoms with van der Waals surface area (Å²) in [5.41, 5.74) is 4.61. The molecule has 2 aliphatic heterocycles. The zero-order valence-corrected chi connectivity index (χ0v) is 28.8. The third-order valence-electron chi connectivity index (χ3n) is 8.98. The monoisotopic (exact) mass is 663 g/mol. The number of benzene rings is 6. The van der Waals surface area contributed by atoms with E-state index < -0.39 is 8.07 Å². The Hall–Kier alpha value is -4.20. The number of hydrogen-bond donors (Lipinski definition) is 0. The molecular formula is C40H29NOS3Si. The van der Waals surface area contributed by atoms with Crippen LogP contribution in [0.15, 0.2) is 159 Å². The maximum atomic E-state index is 6.76. The zero-order valence-electron chi connectivity index (χ0n) is 25.4. The van der Waals surface area contributed by atoms with Gasteiger partial charge in [-0.2, -0.15) is 0 Å². The first-order chi connectivity index (χ1) is 22.5. The molecule has 222 valence electrons. The van der Waals surface area contributed by atoms with E-state index in [1.54, 1.807) is 11.8 Å². The van der Waals surface area contributed by atoms with E-state index in [0.29, 0.717) is 0 Å². The molecule has 0 radical (unpaired) electrons. The van der Waals surface area contributed by atoms with Gasteiger partial charge in [0.2, 0.25) is 0 Å². The summed E-state index contributed by atoms with van der Waals surface area (Å²) in [5, 5.41) is 4.24. The third kappa shape index (κ3) is 4.55. The van der Waals surface area contributed by atoms with Crippen LogP contribution < -0.4 is 20.0 Å². The molecule has 6 heteroatoms. The Balaban J connectivity index is 1.26. The number of fused-ring (bicyclic) bond motifs is 5. The van der Waals surface area contributed by atoms with Crippen molar-refractivity contribution in [3.05, 3.63) is 140 Å². The maximum absolute atomic E-state index is 6.76. The highest BCUT2D eigenvalue weighted by molar-refractivity contribution is 8.00. The van der Waals surface area contributed by atoms with Crippen molar-refractivity contribution in [3.8, 4) is 21.9 Å². The van der Waals surface area contributed by atoms with Gasteiger partial charge in [0.1, 0.15) is 13.8 Å². The molecule has 9 rings (SSSR count). The lowest BCUT2D eigenvalue weighted by atomic mass is 10.1. The standard InChI is InChI=1S/C40H29NOS3Si/c1-46(2)37-20-9-8-18-34(37)45-40-30(15-11-21-38(40)46)41(29-14-10-19-35-39(29)42-31-16-6-7-17-33(31)44-35)28-22-23-32-27(24-28)25-36(43-32)26-12-4-3-5-13-26/h3-25H,1-2H3. The van der Waals surface area contributed by atoms with E-state index in [-0.39, 0.29) is 0 Å². The predicted octanol–water partition coefficient (Wildman–Crippen LogP) is 11.6. The molecule has 0 atom stereocenters. The van der Waals surface area contributed by atoms with Gasteiger partial charge >= 0.3 is 0 Å². The van der Waals surface area contributed by atoms with Crippen LogP contribution in [-0.2, 0) is 0 Å². The zero-order chi connectivity index (χ0) is 30.8. The van der Waals surface area contributed by atoms with E-state index in [2.05, 4.69) is 151 Å². The summed E-state index contributed by atoms with van der Waals surface area (Å²) >= 11 is 5.54. The van der Waals surface area contributed by atoms with Crippen LogP contribution in [0.25, 0.3) is 20.5 Å².